The molecule has 28 heavy (non-hydrogen) atoms. The summed E-state index contributed by atoms with van der Waals surface area (Å²) >= 11 is 0. The molecule has 1 aromatic rings. The minimum atomic E-state index is -3.96. The van der Waals surface area contributed by atoms with Crippen LogP contribution in [-0.2, 0) is 25.4 Å². The van der Waals surface area contributed by atoms with Gasteiger partial charge in [0, 0.05) is 19.6 Å². The number of aliphatic carboxylic acids is 1. The lowest BCUT2D eigenvalue weighted by Crippen LogP contribution is -2.48. The molecule has 1 unspecified atom stereocenters. The fourth-order valence-corrected chi connectivity index (χ4v) is 6.02. The fraction of sp³-hybridized carbons (Fsp3) is 0.526. The van der Waals surface area contributed by atoms with Crippen LogP contribution in [0.4, 0.5) is 0 Å². The van der Waals surface area contributed by atoms with Gasteiger partial charge in [0.25, 0.3) is 0 Å². The van der Waals surface area contributed by atoms with Crippen LogP contribution >= 0.6 is 7.37 Å². The maximum atomic E-state index is 13.1. The first kappa shape index (κ1) is 22.1. The lowest BCUT2D eigenvalue weighted by atomic mass is 10.0. The summed E-state index contributed by atoms with van der Waals surface area (Å²) in [6.07, 6.45) is 0.637. The Balaban J connectivity index is 2.14. The van der Waals surface area contributed by atoms with Gasteiger partial charge in [-0.05, 0) is 31.7 Å². The second-order valence-corrected chi connectivity index (χ2v) is 9.71. The SMILES string of the molecule is CC(=O)N[C@@H](C)C(=O)N1CCC[C@@H]1P(=O)(O)C[C@@H](Cc1ccccc1)C(=O)O. The second-order valence-electron chi connectivity index (χ2n) is 7.24. The third kappa shape index (κ3) is 5.66. The molecule has 1 aliphatic heterocycles. The van der Waals surface area contributed by atoms with Crippen molar-refractivity contribution in [3.8, 4) is 0 Å². The van der Waals surface area contributed by atoms with Gasteiger partial charge < -0.3 is 20.2 Å². The Morgan fingerprint density at radius 1 is 1.29 bits per heavy atom. The molecule has 0 saturated carbocycles. The summed E-state index contributed by atoms with van der Waals surface area (Å²) in [6.45, 7) is 3.13. The predicted octanol–water partition coefficient (Wildman–Crippen LogP) is 1.67. The monoisotopic (exact) mass is 410 g/mol. The molecule has 2 rings (SSSR count). The van der Waals surface area contributed by atoms with Gasteiger partial charge in [0.05, 0.1) is 5.92 Å². The number of benzene rings is 1. The Labute approximate surface area is 164 Å². The van der Waals surface area contributed by atoms with Crippen molar-refractivity contribution >= 4 is 25.2 Å². The van der Waals surface area contributed by atoms with Crippen LogP contribution in [0.1, 0.15) is 32.3 Å². The van der Waals surface area contributed by atoms with Gasteiger partial charge in [0.1, 0.15) is 11.8 Å². The summed E-state index contributed by atoms with van der Waals surface area (Å²) in [5.74, 6) is -3.88. The molecule has 8 nitrogen and oxygen atoms in total. The van der Waals surface area contributed by atoms with Crippen molar-refractivity contribution in [2.24, 2.45) is 5.92 Å². The molecule has 0 aliphatic carbocycles. The third-order valence-corrected chi connectivity index (χ3v) is 7.35. The summed E-state index contributed by atoms with van der Waals surface area (Å²) in [7, 11) is -3.96. The highest BCUT2D eigenvalue weighted by Crippen LogP contribution is 2.53. The standard InChI is InChI=1S/C19H27N2O6P/c1-13(20-14(2)22)18(23)21-10-6-9-17(21)28(26,27)12-16(19(24)25)11-15-7-4-3-5-8-15/h3-5,7-8,13,16-17H,6,9-12H2,1-2H3,(H,20,22)(H,24,25)(H,26,27)/t13-,16+,17-/m0/s1. The number of nitrogens with zero attached hydrogens (tertiary/aromatic N) is 1. The van der Waals surface area contributed by atoms with Crippen molar-refractivity contribution in [2.45, 2.75) is 44.9 Å². The molecule has 154 valence electrons. The molecule has 2 amide bonds. The summed E-state index contributed by atoms with van der Waals surface area (Å²) in [6, 6.07) is 8.13. The molecule has 9 heteroatoms. The van der Waals surface area contributed by atoms with E-state index in [2.05, 4.69) is 5.32 Å². The maximum Gasteiger partial charge on any atom is 0.307 e. The van der Waals surface area contributed by atoms with Crippen LogP contribution in [0, 0.1) is 5.92 Å². The smallest absolute Gasteiger partial charge is 0.307 e. The number of carbonyl (C=O) groups is 3. The van der Waals surface area contributed by atoms with E-state index >= 15 is 0 Å². The molecule has 0 spiro atoms. The molecule has 0 aromatic heterocycles. The Morgan fingerprint density at radius 2 is 1.93 bits per heavy atom. The van der Waals surface area contributed by atoms with Crippen LogP contribution in [0.15, 0.2) is 30.3 Å². The molecule has 0 bridgehead atoms. The van der Waals surface area contributed by atoms with Crippen molar-refractivity contribution in [1.82, 2.24) is 10.2 Å². The van der Waals surface area contributed by atoms with E-state index in [0.717, 1.165) is 5.56 Å². The minimum absolute atomic E-state index is 0.143. The van der Waals surface area contributed by atoms with E-state index < -0.39 is 43.1 Å². The number of carboxylic acids is 1. The van der Waals surface area contributed by atoms with E-state index in [1.54, 1.807) is 24.3 Å². The molecule has 0 radical (unpaired) electrons. The van der Waals surface area contributed by atoms with Gasteiger partial charge in [-0.3, -0.25) is 18.9 Å². The van der Waals surface area contributed by atoms with Crippen molar-refractivity contribution in [2.75, 3.05) is 12.7 Å². The van der Waals surface area contributed by atoms with Crippen molar-refractivity contribution in [1.29, 1.82) is 0 Å². The number of hydrogen-bond acceptors (Lipinski definition) is 4. The quantitative estimate of drug-likeness (QED) is 0.560. The molecule has 4 atom stereocenters. The van der Waals surface area contributed by atoms with Gasteiger partial charge in [0.15, 0.2) is 0 Å². The number of rotatable bonds is 8. The van der Waals surface area contributed by atoms with Gasteiger partial charge in [-0.25, -0.2) is 0 Å². The lowest BCUT2D eigenvalue weighted by molar-refractivity contribution is -0.141. The average Bonchev–Trinajstić information content (AvgIpc) is 3.11. The summed E-state index contributed by atoms with van der Waals surface area (Å²) in [5, 5.41) is 12.0. The molecule has 1 fully saturated rings. The van der Waals surface area contributed by atoms with E-state index in [-0.39, 0.29) is 12.3 Å². The van der Waals surface area contributed by atoms with E-state index in [1.165, 1.54) is 18.7 Å². The Morgan fingerprint density at radius 3 is 2.50 bits per heavy atom. The molecule has 1 aromatic carbocycles. The lowest BCUT2D eigenvalue weighted by Gasteiger charge is -2.31. The first-order chi connectivity index (χ1) is 13.1. The normalized spacial score (nSPS) is 20.8. The van der Waals surface area contributed by atoms with E-state index in [4.69, 9.17) is 0 Å². The van der Waals surface area contributed by atoms with Crippen molar-refractivity contribution in [3.05, 3.63) is 35.9 Å². The Hall–Kier alpha value is -2.18. The third-order valence-electron chi connectivity index (χ3n) is 4.92. The van der Waals surface area contributed by atoms with Gasteiger partial charge in [-0.2, -0.15) is 0 Å². The number of likely N-dealkylation sites (tertiary alicyclic amines) is 1. The number of hydrogen-bond donors (Lipinski definition) is 3. The van der Waals surface area contributed by atoms with Crippen LogP contribution in [-0.4, -0.2) is 57.2 Å². The number of carbonyl (C=O) groups excluding carboxylic acids is 2. The summed E-state index contributed by atoms with van der Waals surface area (Å²) < 4.78 is 13.1. The molecular formula is C19H27N2O6P. The molecule has 3 N–H and O–H groups in total. The molecule has 1 heterocycles. The van der Waals surface area contributed by atoms with Crippen LogP contribution in [0.2, 0.25) is 0 Å². The highest BCUT2D eigenvalue weighted by atomic mass is 31.2. The Bertz CT molecular complexity index is 769. The number of nitrogens with one attached hydrogen (secondary N) is 1. The number of carboxylic acid groups (broad SMARTS) is 1. The Kier molecular flexibility index (Phi) is 7.38. The second kappa shape index (κ2) is 9.34. The van der Waals surface area contributed by atoms with Crippen LogP contribution in [0.25, 0.3) is 0 Å². The van der Waals surface area contributed by atoms with Crippen LogP contribution in [0.3, 0.4) is 0 Å². The van der Waals surface area contributed by atoms with Crippen LogP contribution < -0.4 is 5.32 Å². The zero-order chi connectivity index (χ0) is 20.9. The fourth-order valence-electron chi connectivity index (χ4n) is 3.61. The van der Waals surface area contributed by atoms with E-state index in [0.29, 0.717) is 19.4 Å². The summed E-state index contributed by atoms with van der Waals surface area (Å²) in [5.41, 5.74) is 0.772. The first-order valence-corrected chi connectivity index (χ1v) is 11.2. The van der Waals surface area contributed by atoms with Gasteiger partial charge in [-0.1, -0.05) is 30.3 Å². The zero-order valence-corrected chi connectivity index (χ0v) is 17.0. The number of amides is 2. The minimum Gasteiger partial charge on any atom is -0.481 e. The van der Waals surface area contributed by atoms with E-state index in [1.807, 2.05) is 6.07 Å². The maximum absolute atomic E-state index is 13.1. The topological polar surface area (TPSA) is 124 Å². The zero-order valence-electron chi connectivity index (χ0n) is 16.1. The predicted molar refractivity (Wildman–Crippen MR) is 104 cm³/mol. The molecule has 1 aliphatic rings. The molecule has 1 saturated heterocycles. The molecular weight excluding hydrogens is 383 g/mol. The average molecular weight is 410 g/mol. The summed E-state index contributed by atoms with van der Waals surface area (Å²) in [4.78, 5) is 47.5. The van der Waals surface area contributed by atoms with Gasteiger partial charge in [0.2, 0.25) is 19.2 Å². The first-order valence-electron chi connectivity index (χ1n) is 9.27. The van der Waals surface area contributed by atoms with Crippen LogP contribution in [0.5, 0.6) is 0 Å². The van der Waals surface area contributed by atoms with Crippen molar-refractivity contribution < 1.29 is 28.9 Å². The highest BCUT2D eigenvalue weighted by Gasteiger charge is 2.44. The highest BCUT2D eigenvalue weighted by molar-refractivity contribution is 7.58. The van der Waals surface area contributed by atoms with Gasteiger partial charge >= 0.3 is 5.97 Å². The van der Waals surface area contributed by atoms with E-state index in [9.17, 15) is 28.9 Å². The largest absolute Gasteiger partial charge is 0.481 e. The van der Waals surface area contributed by atoms with Crippen molar-refractivity contribution in [3.63, 3.8) is 0 Å². The van der Waals surface area contributed by atoms with Gasteiger partial charge in [-0.15, -0.1) is 0 Å².